The first-order chi connectivity index (χ1) is 5.65. The zero-order valence-corrected chi connectivity index (χ0v) is 9.06. The van der Waals surface area contributed by atoms with Gasteiger partial charge in [0.25, 0.3) is 0 Å². The van der Waals surface area contributed by atoms with Crippen LogP contribution >= 0.6 is 27.5 Å². The molecule has 0 bridgehead atoms. The molecule has 0 spiro atoms. The zero-order chi connectivity index (χ0) is 9.14. The Kier molecular flexibility index (Phi) is 3.56. The molecule has 1 aromatic rings. The van der Waals surface area contributed by atoms with Crippen molar-refractivity contribution in [1.82, 2.24) is 0 Å². The quantitative estimate of drug-likeness (QED) is 0.799. The number of hydrogen-bond donors (Lipinski definition) is 1. The molecule has 0 amide bonds. The van der Waals surface area contributed by atoms with Crippen molar-refractivity contribution in [3.63, 3.8) is 0 Å². The Balaban J connectivity index is 2.96. The first kappa shape index (κ1) is 10.0. The van der Waals surface area contributed by atoms with E-state index in [0.29, 0.717) is 0 Å². The van der Waals surface area contributed by atoms with Crippen molar-refractivity contribution >= 4 is 27.5 Å². The van der Waals surface area contributed by atoms with E-state index in [1.165, 1.54) is 0 Å². The van der Waals surface area contributed by atoms with Crippen LogP contribution in [0.25, 0.3) is 0 Å². The number of rotatable bonds is 2. The second-order valence-corrected chi connectivity index (χ2v) is 3.84. The summed E-state index contributed by atoms with van der Waals surface area (Å²) in [6.07, 6.45) is -0.566. The lowest BCUT2D eigenvalue weighted by Crippen LogP contribution is -1.98. The molecule has 3 heteroatoms. The highest BCUT2D eigenvalue weighted by atomic mass is 79.9. The molecule has 0 aliphatic carbocycles. The van der Waals surface area contributed by atoms with Crippen LogP contribution in [0.4, 0.5) is 0 Å². The SMILES string of the molecule is Cc1ccc([C@H](O)CCl)cc1Br. The number of aryl methyl sites for hydroxylation is 1. The molecule has 0 unspecified atom stereocenters. The van der Waals surface area contributed by atoms with Crippen molar-refractivity contribution < 1.29 is 5.11 Å². The molecule has 1 atom stereocenters. The van der Waals surface area contributed by atoms with E-state index in [0.717, 1.165) is 15.6 Å². The highest BCUT2D eigenvalue weighted by Gasteiger charge is 2.06. The van der Waals surface area contributed by atoms with Crippen LogP contribution in [0.15, 0.2) is 22.7 Å². The maximum atomic E-state index is 9.39. The van der Waals surface area contributed by atoms with Gasteiger partial charge in [0.2, 0.25) is 0 Å². The molecule has 1 nitrogen and oxygen atoms in total. The first-order valence-electron chi connectivity index (χ1n) is 3.65. The van der Waals surface area contributed by atoms with Gasteiger partial charge in [-0.3, -0.25) is 0 Å². The fraction of sp³-hybridized carbons (Fsp3) is 0.333. The number of benzene rings is 1. The second kappa shape index (κ2) is 4.26. The van der Waals surface area contributed by atoms with Gasteiger partial charge in [0.1, 0.15) is 0 Å². The zero-order valence-electron chi connectivity index (χ0n) is 6.72. The summed E-state index contributed by atoms with van der Waals surface area (Å²) in [7, 11) is 0. The maximum Gasteiger partial charge on any atom is 0.0925 e. The van der Waals surface area contributed by atoms with Gasteiger partial charge in [-0.05, 0) is 24.1 Å². The Morgan fingerprint density at radius 3 is 2.75 bits per heavy atom. The summed E-state index contributed by atoms with van der Waals surface area (Å²) in [6.45, 7) is 2.00. The Morgan fingerprint density at radius 2 is 2.25 bits per heavy atom. The average molecular weight is 250 g/mol. The Labute approximate surface area is 85.5 Å². The number of hydrogen-bond acceptors (Lipinski definition) is 1. The van der Waals surface area contributed by atoms with Crippen LogP contribution in [0.5, 0.6) is 0 Å². The molecule has 1 aromatic carbocycles. The van der Waals surface area contributed by atoms with Crippen LogP contribution in [0, 0.1) is 6.92 Å². The normalized spacial score (nSPS) is 13.0. The van der Waals surface area contributed by atoms with E-state index in [1.807, 2.05) is 25.1 Å². The minimum atomic E-state index is -0.566. The van der Waals surface area contributed by atoms with Crippen LogP contribution in [-0.2, 0) is 0 Å². The average Bonchev–Trinajstić information content (AvgIpc) is 2.08. The van der Waals surface area contributed by atoms with Crippen LogP contribution in [0.1, 0.15) is 17.2 Å². The maximum absolute atomic E-state index is 9.39. The molecule has 0 heterocycles. The molecule has 1 rings (SSSR count). The Morgan fingerprint density at radius 1 is 1.58 bits per heavy atom. The second-order valence-electron chi connectivity index (χ2n) is 2.68. The highest BCUT2D eigenvalue weighted by molar-refractivity contribution is 9.10. The molecule has 66 valence electrons. The molecule has 0 saturated heterocycles. The van der Waals surface area contributed by atoms with Crippen molar-refractivity contribution in [3.8, 4) is 0 Å². The Bertz CT molecular complexity index is 275. The first-order valence-corrected chi connectivity index (χ1v) is 4.98. The van der Waals surface area contributed by atoms with Crippen molar-refractivity contribution in [2.45, 2.75) is 13.0 Å². The molecule has 0 aromatic heterocycles. The fourth-order valence-corrected chi connectivity index (χ4v) is 1.48. The topological polar surface area (TPSA) is 20.2 Å². The monoisotopic (exact) mass is 248 g/mol. The summed E-state index contributed by atoms with van der Waals surface area (Å²) in [5.74, 6) is 0.232. The van der Waals surface area contributed by atoms with Gasteiger partial charge in [0.15, 0.2) is 0 Å². The number of alkyl halides is 1. The van der Waals surface area contributed by atoms with Crippen molar-refractivity contribution in [3.05, 3.63) is 33.8 Å². The van der Waals surface area contributed by atoms with E-state index in [4.69, 9.17) is 11.6 Å². The molecule has 0 radical (unpaired) electrons. The van der Waals surface area contributed by atoms with Gasteiger partial charge in [-0.15, -0.1) is 11.6 Å². The van der Waals surface area contributed by atoms with E-state index in [9.17, 15) is 5.11 Å². The smallest absolute Gasteiger partial charge is 0.0925 e. The van der Waals surface area contributed by atoms with Crippen molar-refractivity contribution in [2.75, 3.05) is 5.88 Å². The molecule has 0 saturated carbocycles. The third kappa shape index (κ3) is 2.22. The van der Waals surface area contributed by atoms with Crippen LogP contribution < -0.4 is 0 Å². The molecule has 1 N–H and O–H groups in total. The predicted octanol–water partition coefficient (Wildman–Crippen LogP) is 3.03. The van der Waals surface area contributed by atoms with Crippen LogP contribution in [0.3, 0.4) is 0 Å². The lowest BCUT2D eigenvalue weighted by Gasteiger charge is -2.08. The standard InChI is InChI=1S/C9H10BrClO/c1-6-2-3-7(4-8(6)10)9(12)5-11/h2-4,9,12H,5H2,1H3/t9-/m1/s1. The van der Waals surface area contributed by atoms with Gasteiger partial charge in [-0.2, -0.15) is 0 Å². The van der Waals surface area contributed by atoms with Gasteiger partial charge in [0, 0.05) is 4.47 Å². The van der Waals surface area contributed by atoms with Crippen LogP contribution in [0.2, 0.25) is 0 Å². The molecular weight excluding hydrogens is 239 g/mol. The number of aliphatic hydroxyl groups is 1. The van der Waals surface area contributed by atoms with Gasteiger partial charge >= 0.3 is 0 Å². The summed E-state index contributed by atoms with van der Waals surface area (Å²) >= 11 is 8.90. The lowest BCUT2D eigenvalue weighted by molar-refractivity contribution is 0.202. The molecule has 12 heavy (non-hydrogen) atoms. The molecule has 0 aliphatic rings. The minimum Gasteiger partial charge on any atom is -0.387 e. The summed E-state index contributed by atoms with van der Waals surface area (Å²) in [4.78, 5) is 0. The van der Waals surface area contributed by atoms with Crippen molar-refractivity contribution in [2.24, 2.45) is 0 Å². The number of aliphatic hydroxyl groups excluding tert-OH is 1. The van der Waals surface area contributed by atoms with Gasteiger partial charge in [-0.25, -0.2) is 0 Å². The van der Waals surface area contributed by atoms with E-state index in [2.05, 4.69) is 15.9 Å². The number of halogens is 2. The summed E-state index contributed by atoms with van der Waals surface area (Å²) in [5, 5.41) is 9.39. The molecular formula is C9H10BrClO. The predicted molar refractivity (Wildman–Crippen MR) is 54.6 cm³/mol. The summed E-state index contributed by atoms with van der Waals surface area (Å²) in [6, 6.07) is 5.73. The largest absolute Gasteiger partial charge is 0.387 e. The van der Waals surface area contributed by atoms with E-state index in [1.54, 1.807) is 0 Å². The van der Waals surface area contributed by atoms with Gasteiger partial charge in [-0.1, -0.05) is 28.1 Å². The molecule has 0 aliphatic heterocycles. The van der Waals surface area contributed by atoms with Gasteiger partial charge in [0.05, 0.1) is 12.0 Å². The van der Waals surface area contributed by atoms with E-state index in [-0.39, 0.29) is 5.88 Å². The fourth-order valence-electron chi connectivity index (χ4n) is 0.905. The van der Waals surface area contributed by atoms with Gasteiger partial charge < -0.3 is 5.11 Å². The lowest BCUT2D eigenvalue weighted by atomic mass is 10.1. The summed E-state index contributed by atoms with van der Waals surface area (Å²) < 4.78 is 1.00. The Hall–Kier alpha value is -0.0500. The third-order valence-corrected chi connectivity index (χ3v) is 2.87. The summed E-state index contributed by atoms with van der Waals surface area (Å²) in [5.41, 5.74) is 2.00. The van der Waals surface area contributed by atoms with Crippen LogP contribution in [-0.4, -0.2) is 11.0 Å². The van der Waals surface area contributed by atoms with E-state index < -0.39 is 6.10 Å². The minimum absolute atomic E-state index is 0.232. The van der Waals surface area contributed by atoms with Crippen molar-refractivity contribution in [1.29, 1.82) is 0 Å². The molecule has 0 fully saturated rings. The van der Waals surface area contributed by atoms with E-state index >= 15 is 0 Å². The third-order valence-electron chi connectivity index (χ3n) is 1.73. The highest BCUT2D eigenvalue weighted by Crippen LogP contribution is 2.22.